The zero-order valence-electron chi connectivity index (χ0n) is 26.2. The number of alkyl halides is 1. The number of hydrogen-bond acceptors (Lipinski definition) is 16. The van der Waals surface area contributed by atoms with Crippen LogP contribution in [0.4, 0.5) is 10.3 Å². The summed E-state index contributed by atoms with van der Waals surface area (Å²) in [5, 5.41) is 21.2. The van der Waals surface area contributed by atoms with E-state index in [-0.39, 0.29) is 60.3 Å². The fraction of sp³-hybridized carbons (Fsp3) is 0.520. The maximum atomic E-state index is 15.9. The van der Waals surface area contributed by atoms with E-state index in [1.165, 1.54) is 10.9 Å². The number of fused-ring (bicyclic) bond motifs is 2. The zero-order chi connectivity index (χ0) is 36.2. The van der Waals surface area contributed by atoms with E-state index in [0.717, 1.165) is 10.9 Å². The number of aromatic nitrogens is 8. The van der Waals surface area contributed by atoms with Crippen molar-refractivity contribution in [2.45, 2.75) is 58.0 Å². The summed E-state index contributed by atoms with van der Waals surface area (Å²) in [6, 6.07) is 1.89. The predicted molar refractivity (Wildman–Crippen MR) is 172 cm³/mol. The molecule has 1 saturated heterocycles. The molecule has 6 atom stereocenters. The van der Waals surface area contributed by atoms with Gasteiger partial charge >= 0.3 is 15.0 Å². The van der Waals surface area contributed by atoms with Crippen LogP contribution in [0.3, 0.4) is 0 Å². The molecule has 50 heavy (non-hydrogen) atoms. The number of nitriles is 1. The molecule has 25 heteroatoms. The van der Waals surface area contributed by atoms with Gasteiger partial charge in [0.25, 0.3) is 11.1 Å². The van der Waals surface area contributed by atoms with Crippen LogP contribution in [0.2, 0.25) is 0 Å². The number of carbonyl (C=O) groups is 1. The summed E-state index contributed by atoms with van der Waals surface area (Å²) in [5.74, 6) is -1.02. The molecule has 4 aromatic rings. The van der Waals surface area contributed by atoms with E-state index < -0.39 is 75.7 Å². The van der Waals surface area contributed by atoms with Crippen molar-refractivity contribution < 1.29 is 46.6 Å². The Morgan fingerprint density at radius 2 is 1.98 bits per heavy atom. The van der Waals surface area contributed by atoms with Crippen molar-refractivity contribution in [1.29, 1.82) is 5.26 Å². The molecule has 2 unspecified atom stereocenters. The number of carbonyl (C=O) groups excluding carboxylic acids is 1. The molecule has 0 bridgehead atoms. The molecule has 4 aromatic heterocycles. The Labute approximate surface area is 285 Å². The predicted octanol–water partition coefficient (Wildman–Crippen LogP) is 0.798. The third-order valence-electron chi connectivity index (χ3n) is 7.13. The number of halogens is 1. The van der Waals surface area contributed by atoms with Crippen LogP contribution < -0.4 is 16.4 Å². The molecular formula is C25H30FN10O11P2S+. The van der Waals surface area contributed by atoms with Gasteiger partial charge in [-0.3, -0.25) is 29.3 Å². The Kier molecular flexibility index (Phi) is 11.9. The van der Waals surface area contributed by atoms with Gasteiger partial charge in [0.2, 0.25) is 11.9 Å². The van der Waals surface area contributed by atoms with Crippen molar-refractivity contribution in [3.63, 3.8) is 0 Å². The number of aromatic amines is 2. The summed E-state index contributed by atoms with van der Waals surface area (Å²) in [4.78, 5) is 67.7. The first-order chi connectivity index (χ1) is 23.9. The second-order valence-electron chi connectivity index (χ2n) is 10.8. The fourth-order valence-electron chi connectivity index (χ4n) is 4.77. The van der Waals surface area contributed by atoms with Crippen molar-refractivity contribution in [2.75, 3.05) is 25.1 Å². The molecule has 0 saturated carbocycles. The van der Waals surface area contributed by atoms with E-state index in [0.29, 0.717) is 0 Å². The molecule has 0 aliphatic carbocycles. The van der Waals surface area contributed by atoms with Crippen LogP contribution >= 0.6 is 15.0 Å². The molecule has 0 spiro atoms. The van der Waals surface area contributed by atoms with Gasteiger partial charge in [-0.1, -0.05) is 13.8 Å². The van der Waals surface area contributed by atoms with Crippen LogP contribution in [-0.4, -0.2) is 93.1 Å². The molecule has 5 rings (SSSR count). The summed E-state index contributed by atoms with van der Waals surface area (Å²) >= 11 is 5.51. The number of H-pyrrole nitrogens is 2. The normalized spacial score (nSPS) is 20.7. The molecule has 0 aromatic carbocycles. The third kappa shape index (κ3) is 8.16. The lowest BCUT2D eigenvalue weighted by Crippen LogP contribution is -2.31. The topological polar surface area (TPSA) is 284 Å². The van der Waals surface area contributed by atoms with Crippen LogP contribution in [0, 0.1) is 17.2 Å². The lowest BCUT2D eigenvalue weighted by atomic mass is 10.1. The van der Waals surface area contributed by atoms with Gasteiger partial charge in [0.1, 0.15) is 18.5 Å². The van der Waals surface area contributed by atoms with E-state index in [1.807, 2.05) is 6.07 Å². The number of nitrogens with zero attached hydrogens (tertiary/aromatic N) is 7. The maximum absolute atomic E-state index is 15.9. The minimum atomic E-state index is -3.76. The van der Waals surface area contributed by atoms with Crippen molar-refractivity contribution >= 4 is 61.0 Å². The Balaban J connectivity index is 1.35. The van der Waals surface area contributed by atoms with Gasteiger partial charge in [-0.15, -0.1) is 9.42 Å². The minimum Gasteiger partial charge on any atom is -0.388 e. The molecule has 0 radical (unpaired) electrons. The van der Waals surface area contributed by atoms with Crippen molar-refractivity contribution in [1.82, 2.24) is 39.0 Å². The molecule has 1 amide bonds. The Bertz CT molecular complexity index is 2100. The molecule has 1 aliphatic heterocycles. The van der Waals surface area contributed by atoms with Gasteiger partial charge in [0.15, 0.2) is 40.8 Å². The number of ether oxygens (including phenoxy) is 1. The van der Waals surface area contributed by atoms with Crippen LogP contribution in [0.1, 0.15) is 32.3 Å². The summed E-state index contributed by atoms with van der Waals surface area (Å²) in [6.45, 7) is -2.12. The Morgan fingerprint density at radius 3 is 2.68 bits per heavy atom. The van der Waals surface area contributed by atoms with Crippen LogP contribution in [0.25, 0.3) is 22.3 Å². The summed E-state index contributed by atoms with van der Waals surface area (Å²) in [5.41, 5.74) is -1.47. The monoisotopic (exact) mass is 759 g/mol. The first-order valence-electron chi connectivity index (χ1n) is 14.7. The average Bonchev–Trinajstić information content (AvgIpc) is 3.74. The highest BCUT2D eigenvalue weighted by atomic mass is 32.5. The smallest absolute Gasteiger partial charge is 0.388 e. The van der Waals surface area contributed by atoms with Crippen molar-refractivity contribution in [3.8, 4) is 6.07 Å². The fourth-order valence-corrected chi connectivity index (χ4v) is 7.01. The molecule has 268 valence electrons. The summed E-state index contributed by atoms with van der Waals surface area (Å²) < 4.78 is 58.1. The second-order valence-corrected chi connectivity index (χ2v) is 14.5. The van der Waals surface area contributed by atoms with Crippen molar-refractivity contribution in [2.24, 2.45) is 5.92 Å². The SMILES string of the molecule is CC(C)C(=O)Nc1nc2c(ncn2[C@@H]2O[C@H](COP(=S)(OCCC#N)OCCn3c(CO)nc4c(=O)[nH]cnc43)[C@@H](F)[C@H]2O[P+](=O)O)c(=O)[nH]1. The molecule has 21 nitrogen and oxygen atoms in total. The van der Waals surface area contributed by atoms with Gasteiger partial charge in [-0.25, -0.2) is 19.3 Å². The summed E-state index contributed by atoms with van der Waals surface area (Å²) in [7, 11) is -3.36. The van der Waals surface area contributed by atoms with E-state index in [1.54, 1.807) is 13.8 Å². The number of rotatable bonds is 16. The molecule has 5 heterocycles. The van der Waals surface area contributed by atoms with Gasteiger partial charge in [0, 0.05) is 17.0 Å². The molecule has 5 N–H and O–H groups in total. The number of hydrogen-bond donors (Lipinski definition) is 5. The van der Waals surface area contributed by atoms with Crippen LogP contribution in [0.15, 0.2) is 22.2 Å². The third-order valence-corrected chi connectivity index (χ3v) is 9.97. The van der Waals surface area contributed by atoms with Gasteiger partial charge < -0.3 is 33.0 Å². The quantitative estimate of drug-likeness (QED) is 0.0780. The van der Waals surface area contributed by atoms with Gasteiger partial charge in [-0.05, 0) is 11.8 Å². The van der Waals surface area contributed by atoms with E-state index in [2.05, 4.69) is 35.2 Å². The highest BCUT2D eigenvalue weighted by Crippen LogP contribution is 2.51. The van der Waals surface area contributed by atoms with Crippen molar-refractivity contribution in [3.05, 3.63) is 39.2 Å². The lowest BCUT2D eigenvalue weighted by Gasteiger charge is -2.24. The maximum Gasteiger partial charge on any atom is 0.695 e. The number of amides is 1. The number of imidazole rings is 2. The molecular weight excluding hydrogens is 729 g/mol. The highest BCUT2D eigenvalue weighted by molar-refractivity contribution is 8.07. The highest BCUT2D eigenvalue weighted by Gasteiger charge is 2.52. The van der Waals surface area contributed by atoms with E-state index >= 15 is 4.39 Å². The number of aliphatic hydroxyl groups is 1. The molecule has 1 aliphatic rings. The Hall–Kier alpha value is -3.94. The second kappa shape index (κ2) is 15.9. The number of anilines is 1. The van der Waals surface area contributed by atoms with Crippen LogP contribution in [-0.2, 0) is 57.1 Å². The first kappa shape index (κ1) is 37.3. The average molecular weight is 760 g/mol. The molecule has 1 fully saturated rings. The van der Waals surface area contributed by atoms with Crippen LogP contribution in [0.5, 0.6) is 0 Å². The lowest BCUT2D eigenvalue weighted by molar-refractivity contribution is -0.118. The van der Waals surface area contributed by atoms with E-state index in [4.69, 9.17) is 39.9 Å². The largest absolute Gasteiger partial charge is 0.695 e. The number of aliphatic hydroxyl groups excluding tert-OH is 1. The zero-order valence-corrected chi connectivity index (χ0v) is 28.8. The minimum absolute atomic E-state index is 0.0113. The van der Waals surface area contributed by atoms with Gasteiger partial charge in [-0.2, -0.15) is 10.2 Å². The van der Waals surface area contributed by atoms with E-state index in [9.17, 15) is 28.9 Å². The standard InChI is InChI=1S/C25H29FN10O11P2S/c1-12(2)21(38)33-25-32-20-16(23(40)34-25)30-11-36(20)24-18(47-48(41)42)15(26)13(46-24)9-45-49(50,43-6-3-4-27)44-7-5-35-14(8-37)31-17-19(35)28-10-29-22(17)39/h10-13,15,18,24,37H,3,5-9H2,1-2H3,(H3-,28,29,32,33,34,38,39,40,41,42)/p+1/t13-,15-,18-,24-,49?/m1/s1. The van der Waals surface area contributed by atoms with Gasteiger partial charge in [0.05, 0.1) is 45.0 Å². The Morgan fingerprint density at radius 1 is 1.22 bits per heavy atom. The first-order valence-corrected chi connectivity index (χ1v) is 18.4. The summed E-state index contributed by atoms with van der Waals surface area (Å²) in [6.07, 6.45) is -4.74. The number of nitrogens with one attached hydrogen (secondary N) is 3.